The smallest absolute Gasteiger partial charge is 0.274 e. The Balaban J connectivity index is 1.72. The van der Waals surface area contributed by atoms with E-state index in [-0.39, 0.29) is 6.04 Å². The topological polar surface area (TPSA) is 55.5 Å². The molecule has 0 aliphatic rings. The molecule has 23 heavy (non-hydrogen) atoms. The Labute approximate surface area is 148 Å². The molecule has 2 N–H and O–H groups in total. The van der Waals surface area contributed by atoms with Crippen LogP contribution in [-0.4, -0.2) is 10.2 Å². The summed E-state index contributed by atoms with van der Waals surface area (Å²) in [7, 11) is 0. The molecule has 0 radical (unpaired) electrons. The molecule has 2 atom stereocenters. The summed E-state index contributed by atoms with van der Waals surface area (Å²) in [5, 5.41) is 12.7. The van der Waals surface area contributed by atoms with Gasteiger partial charge in [0, 0.05) is 16.5 Å². The van der Waals surface area contributed by atoms with Gasteiger partial charge in [-0.1, -0.05) is 41.1 Å². The Morgan fingerprint density at radius 1 is 1.22 bits per heavy atom. The zero-order valence-electron chi connectivity index (χ0n) is 13.1. The van der Waals surface area contributed by atoms with E-state index in [1.165, 1.54) is 5.56 Å². The summed E-state index contributed by atoms with van der Waals surface area (Å²) < 4.78 is 6.94. The average molecular weight is 393 g/mol. The van der Waals surface area contributed by atoms with Crippen molar-refractivity contribution in [3.8, 4) is 10.8 Å². The van der Waals surface area contributed by atoms with Gasteiger partial charge in [-0.3, -0.25) is 0 Å². The van der Waals surface area contributed by atoms with Gasteiger partial charge in [0.2, 0.25) is 0 Å². The van der Waals surface area contributed by atoms with Crippen LogP contribution in [0.2, 0.25) is 0 Å². The fourth-order valence-electron chi connectivity index (χ4n) is 2.54. The van der Waals surface area contributed by atoms with Gasteiger partial charge in [0.25, 0.3) is 11.8 Å². The van der Waals surface area contributed by atoms with E-state index in [4.69, 9.17) is 4.42 Å². The summed E-state index contributed by atoms with van der Waals surface area (Å²) in [6.07, 6.45) is 1.04. The molecule has 0 spiro atoms. The monoisotopic (exact) mass is 392 g/mol. The Bertz CT molecular complexity index is 740. The number of hydrogen-bond donors (Lipinski definition) is 1. The van der Waals surface area contributed by atoms with Gasteiger partial charge in [0.15, 0.2) is 6.04 Å². The number of nitrogens with two attached hydrogens (primary N) is 1. The molecular formula is C17H19BrN3OS+. The number of benzene rings is 1. The van der Waals surface area contributed by atoms with Crippen LogP contribution >= 0.6 is 27.3 Å². The Hall–Kier alpha value is -1.50. The van der Waals surface area contributed by atoms with E-state index in [9.17, 15) is 0 Å². The van der Waals surface area contributed by atoms with E-state index in [1.807, 2.05) is 17.5 Å². The fraction of sp³-hybridized carbons (Fsp3) is 0.294. The molecule has 0 aliphatic carbocycles. The van der Waals surface area contributed by atoms with Gasteiger partial charge in [-0.05, 0) is 30.5 Å². The lowest BCUT2D eigenvalue weighted by Gasteiger charge is -2.17. The lowest BCUT2D eigenvalue weighted by molar-refractivity contribution is -0.734. The zero-order chi connectivity index (χ0) is 16.2. The van der Waals surface area contributed by atoms with Crippen molar-refractivity contribution >= 4 is 27.3 Å². The van der Waals surface area contributed by atoms with Crippen LogP contribution in [0.15, 0.2) is 50.7 Å². The SMILES string of the molecule is CC[C@H]([NH2+][C@H](C)c1nnc(-c2cccs2)o1)c1ccc(Br)cc1. The number of quaternary nitrogens is 1. The second kappa shape index (κ2) is 7.38. The molecule has 4 nitrogen and oxygen atoms in total. The van der Waals surface area contributed by atoms with Crippen LogP contribution in [0.4, 0.5) is 0 Å². The maximum atomic E-state index is 5.84. The van der Waals surface area contributed by atoms with Crippen molar-refractivity contribution in [3.63, 3.8) is 0 Å². The molecule has 0 fully saturated rings. The van der Waals surface area contributed by atoms with E-state index in [0.717, 1.165) is 15.8 Å². The van der Waals surface area contributed by atoms with Gasteiger partial charge < -0.3 is 9.73 Å². The molecule has 0 bridgehead atoms. The highest BCUT2D eigenvalue weighted by molar-refractivity contribution is 9.10. The number of aromatic nitrogens is 2. The lowest BCUT2D eigenvalue weighted by Crippen LogP contribution is -2.85. The summed E-state index contributed by atoms with van der Waals surface area (Å²) in [6.45, 7) is 4.30. The van der Waals surface area contributed by atoms with Crippen molar-refractivity contribution in [3.05, 3.63) is 57.7 Å². The highest BCUT2D eigenvalue weighted by Crippen LogP contribution is 2.24. The minimum absolute atomic E-state index is 0.116. The van der Waals surface area contributed by atoms with Gasteiger partial charge in [-0.25, -0.2) is 0 Å². The maximum Gasteiger partial charge on any atom is 0.274 e. The molecule has 0 unspecified atom stereocenters. The van der Waals surface area contributed by atoms with Crippen LogP contribution in [0.5, 0.6) is 0 Å². The first kappa shape index (κ1) is 16.4. The van der Waals surface area contributed by atoms with Crippen molar-refractivity contribution in [1.29, 1.82) is 0 Å². The fourth-order valence-corrected chi connectivity index (χ4v) is 3.45. The Kier molecular flexibility index (Phi) is 5.25. The predicted molar refractivity (Wildman–Crippen MR) is 95.1 cm³/mol. The van der Waals surface area contributed by atoms with Gasteiger partial charge in [-0.15, -0.1) is 21.5 Å². The second-order valence-electron chi connectivity index (χ2n) is 5.47. The lowest BCUT2D eigenvalue weighted by atomic mass is 10.0. The second-order valence-corrected chi connectivity index (χ2v) is 7.33. The summed E-state index contributed by atoms with van der Waals surface area (Å²) >= 11 is 5.09. The maximum absolute atomic E-state index is 5.84. The molecule has 0 saturated carbocycles. The Morgan fingerprint density at radius 2 is 2.00 bits per heavy atom. The molecule has 0 amide bonds. The van der Waals surface area contributed by atoms with Gasteiger partial charge in [0.05, 0.1) is 4.88 Å². The quantitative estimate of drug-likeness (QED) is 0.678. The predicted octanol–water partition coefficient (Wildman–Crippen LogP) is 4.34. The molecule has 0 aliphatic heterocycles. The van der Waals surface area contributed by atoms with Gasteiger partial charge in [0.1, 0.15) is 6.04 Å². The van der Waals surface area contributed by atoms with Crippen LogP contribution < -0.4 is 5.32 Å². The first-order valence-electron chi connectivity index (χ1n) is 7.65. The number of hydrogen-bond acceptors (Lipinski definition) is 4. The van der Waals surface area contributed by atoms with E-state index < -0.39 is 0 Å². The summed E-state index contributed by atoms with van der Waals surface area (Å²) in [5.41, 5.74) is 1.31. The van der Waals surface area contributed by atoms with Crippen LogP contribution in [0.1, 0.15) is 43.8 Å². The van der Waals surface area contributed by atoms with Crippen LogP contribution in [0.25, 0.3) is 10.8 Å². The molecule has 3 aromatic rings. The van der Waals surface area contributed by atoms with Crippen molar-refractivity contribution in [1.82, 2.24) is 10.2 Å². The summed E-state index contributed by atoms with van der Waals surface area (Å²) in [6, 6.07) is 12.9. The molecule has 120 valence electrons. The first-order chi connectivity index (χ1) is 11.2. The average Bonchev–Trinajstić information content (AvgIpc) is 3.24. The third kappa shape index (κ3) is 3.88. The molecule has 6 heteroatoms. The molecular weight excluding hydrogens is 374 g/mol. The normalized spacial score (nSPS) is 13.9. The van der Waals surface area contributed by atoms with E-state index in [1.54, 1.807) is 11.3 Å². The molecule has 0 saturated heterocycles. The van der Waals surface area contributed by atoms with E-state index >= 15 is 0 Å². The van der Waals surface area contributed by atoms with E-state index in [2.05, 4.69) is 69.6 Å². The summed E-state index contributed by atoms with van der Waals surface area (Å²) in [4.78, 5) is 1.01. The van der Waals surface area contributed by atoms with Crippen LogP contribution in [0.3, 0.4) is 0 Å². The summed E-state index contributed by atoms with van der Waals surface area (Å²) in [5.74, 6) is 1.27. The minimum Gasteiger partial charge on any atom is -0.414 e. The number of nitrogens with zero attached hydrogens (tertiary/aromatic N) is 2. The van der Waals surface area contributed by atoms with E-state index in [0.29, 0.717) is 17.8 Å². The van der Waals surface area contributed by atoms with Crippen molar-refractivity contribution in [2.75, 3.05) is 0 Å². The van der Waals surface area contributed by atoms with Crippen LogP contribution in [-0.2, 0) is 0 Å². The standard InChI is InChI=1S/C17H18BrN3OS/c1-3-14(12-6-8-13(18)9-7-12)19-11(2)16-20-21-17(22-16)15-5-4-10-23-15/h4-11,14,19H,3H2,1-2H3/p+1/t11-,14+/m1/s1. The number of halogens is 1. The minimum atomic E-state index is 0.116. The first-order valence-corrected chi connectivity index (χ1v) is 9.32. The van der Waals surface area contributed by atoms with Crippen molar-refractivity contribution < 1.29 is 9.73 Å². The van der Waals surface area contributed by atoms with Crippen molar-refractivity contribution in [2.24, 2.45) is 0 Å². The largest absolute Gasteiger partial charge is 0.414 e. The third-order valence-electron chi connectivity index (χ3n) is 3.82. The molecule has 1 aromatic carbocycles. The number of thiophene rings is 1. The third-order valence-corrected chi connectivity index (χ3v) is 5.21. The molecule has 2 aromatic heterocycles. The Morgan fingerprint density at radius 3 is 2.65 bits per heavy atom. The zero-order valence-corrected chi connectivity index (χ0v) is 15.5. The van der Waals surface area contributed by atoms with Crippen LogP contribution in [0, 0.1) is 0 Å². The van der Waals surface area contributed by atoms with Gasteiger partial charge in [-0.2, -0.15) is 0 Å². The highest BCUT2D eigenvalue weighted by atomic mass is 79.9. The number of rotatable bonds is 6. The van der Waals surface area contributed by atoms with Crippen molar-refractivity contribution in [2.45, 2.75) is 32.4 Å². The highest BCUT2D eigenvalue weighted by Gasteiger charge is 2.22. The molecule has 2 heterocycles. The van der Waals surface area contributed by atoms with Gasteiger partial charge >= 0.3 is 0 Å². The molecule has 3 rings (SSSR count).